The van der Waals surface area contributed by atoms with Crippen LogP contribution in [0.1, 0.15) is 16.6 Å². The number of rotatable bonds is 4. The number of hydrogen-bond donors (Lipinski definition) is 3. The van der Waals surface area contributed by atoms with Crippen LogP contribution in [0.4, 0.5) is 10.9 Å². The first-order chi connectivity index (χ1) is 10.1. The first-order valence-electron chi connectivity index (χ1n) is 6.69. The second kappa shape index (κ2) is 6.72. The molecule has 1 unspecified atom stereocenters. The summed E-state index contributed by atoms with van der Waals surface area (Å²) in [5.41, 5.74) is 5.78. The summed E-state index contributed by atoms with van der Waals surface area (Å²) < 4.78 is 5.31. The summed E-state index contributed by atoms with van der Waals surface area (Å²) in [5, 5.41) is 6.14. The van der Waals surface area contributed by atoms with Gasteiger partial charge in [0, 0.05) is 20.1 Å². The Balaban J connectivity index is 2.21. The number of ether oxygens (including phenoxy) is 1. The number of nitrogens with zero attached hydrogens (tertiary/aromatic N) is 2. The number of carbonyl (C=O) groups excluding carboxylic acids is 2. The zero-order chi connectivity index (χ0) is 15.4. The Bertz CT molecular complexity index is 533. The SMILES string of the molecule is CCNC(=O)C1COCCN1C(=O)c1sc(NC)nc1N. The number of amides is 2. The highest BCUT2D eigenvalue weighted by molar-refractivity contribution is 7.18. The number of nitrogens with one attached hydrogen (secondary N) is 2. The molecule has 1 fully saturated rings. The molecule has 1 aromatic rings. The molecule has 1 aromatic heterocycles. The Kier molecular flexibility index (Phi) is 4.97. The van der Waals surface area contributed by atoms with Gasteiger partial charge in [-0.2, -0.15) is 0 Å². The zero-order valence-corrected chi connectivity index (χ0v) is 12.8. The van der Waals surface area contributed by atoms with Gasteiger partial charge in [-0.25, -0.2) is 4.98 Å². The Morgan fingerprint density at radius 3 is 2.95 bits per heavy atom. The maximum Gasteiger partial charge on any atom is 0.268 e. The molecule has 0 spiro atoms. The summed E-state index contributed by atoms with van der Waals surface area (Å²) in [4.78, 5) is 30.6. The molecular weight excluding hydrogens is 294 g/mol. The van der Waals surface area contributed by atoms with Gasteiger partial charge in [-0.3, -0.25) is 9.59 Å². The van der Waals surface area contributed by atoms with E-state index < -0.39 is 6.04 Å². The van der Waals surface area contributed by atoms with Crippen molar-refractivity contribution in [3.63, 3.8) is 0 Å². The average Bonchev–Trinajstić information content (AvgIpc) is 2.88. The predicted octanol–water partition coefficient (Wildman–Crippen LogP) is -0.256. The van der Waals surface area contributed by atoms with Crippen molar-refractivity contribution in [2.45, 2.75) is 13.0 Å². The molecule has 1 aliphatic rings. The molecule has 116 valence electrons. The minimum atomic E-state index is -0.634. The van der Waals surface area contributed by atoms with E-state index >= 15 is 0 Å². The molecule has 0 saturated carbocycles. The quantitative estimate of drug-likeness (QED) is 0.707. The fourth-order valence-corrected chi connectivity index (χ4v) is 2.87. The third-order valence-electron chi connectivity index (χ3n) is 3.10. The van der Waals surface area contributed by atoms with Crippen molar-refractivity contribution in [2.24, 2.45) is 0 Å². The highest BCUT2D eigenvalue weighted by Gasteiger charge is 2.34. The van der Waals surface area contributed by atoms with Gasteiger partial charge >= 0.3 is 0 Å². The molecule has 2 heterocycles. The fourth-order valence-electron chi connectivity index (χ4n) is 2.08. The molecule has 2 rings (SSSR count). The van der Waals surface area contributed by atoms with Crippen molar-refractivity contribution >= 4 is 34.1 Å². The number of nitrogen functional groups attached to an aromatic ring is 1. The van der Waals surface area contributed by atoms with Gasteiger partial charge in [-0.1, -0.05) is 11.3 Å². The second-order valence-corrected chi connectivity index (χ2v) is 5.47. The van der Waals surface area contributed by atoms with E-state index in [9.17, 15) is 9.59 Å². The van der Waals surface area contributed by atoms with Crippen LogP contribution in [0.3, 0.4) is 0 Å². The normalized spacial score (nSPS) is 18.4. The molecule has 0 bridgehead atoms. The Hall–Kier alpha value is -1.87. The van der Waals surface area contributed by atoms with Crippen molar-refractivity contribution in [3.05, 3.63) is 4.88 Å². The summed E-state index contributed by atoms with van der Waals surface area (Å²) in [5.74, 6) is -0.330. The summed E-state index contributed by atoms with van der Waals surface area (Å²) in [6.07, 6.45) is 0. The third-order valence-corrected chi connectivity index (χ3v) is 4.18. The first-order valence-corrected chi connectivity index (χ1v) is 7.50. The summed E-state index contributed by atoms with van der Waals surface area (Å²) in [6.45, 7) is 3.28. The smallest absolute Gasteiger partial charge is 0.268 e. The Labute approximate surface area is 126 Å². The van der Waals surface area contributed by atoms with Crippen molar-refractivity contribution in [3.8, 4) is 0 Å². The summed E-state index contributed by atoms with van der Waals surface area (Å²) in [7, 11) is 1.71. The maximum absolute atomic E-state index is 12.6. The lowest BCUT2D eigenvalue weighted by Crippen LogP contribution is -2.55. The van der Waals surface area contributed by atoms with Crippen molar-refractivity contribution in [1.82, 2.24) is 15.2 Å². The highest BCUT2D eigenvalue weighted by atomic mass is 32.1. The number of morpholine rings is 1. The lowest BCUT2D eigenvalue weighted by atomic mass is 10.2. The van der Waals surface area contributed by atoms with E-state index in [4.69, 9.17) is 10.5 Å². The molecule has 9 heteroatoms. The van der Waals surface area contributed by atoms with Gasteiger partial charge in [0.15, 0.2) is 5.13 Å². The molecule has 0 aliphatic carbocycles. The number of nitrogens with two attached hydrogens (primary N) is 1. The minimum Gasteiger partial charge on any atom is -0.382 e. The third kappa shape index (κ3) is 3.24. The molecule has 8 nitrogen and oxygen atoms in total. The summed E-state index contributed by atoms with van der Waals surface area (Å²) in [6, 6.07) is -0.634. The number of likely N-dealkylation sites (N-methyl/N-ethyl adjacent to an activating group) is 1. The van der Waals surface area contributed by atoms with E-state index in [1.54, 1.807) is 7.05 Å². The molecular formula is C12H19N5O3S. The molecule has 1 saturated heterocycles. The number of anilines is 2. The van der Waals surface area contributed by atoms with E-state index in [2.05, 4.69) is 15.6 Å². The van der Waals surface area contributed by atoms with Crippen molar-refractivity contribution in [1.29, 1.82) is 0 Å². The molecule has 0 aromatic carbocycles. The monoisotopic (exact) mass is 313 g/mol. The van der Waals surface area contributed by atoms with Crippen LogP contribution in [0.5, 0.6) is 0 Å². The largest absolute Gasteiger partial charge is 0.382 e. The van der Waals surface area contributed by atoms with Crippen LogP contribution < -0.4 is 16.4 Å². The van der Waals surface area contributed by atoms with Crippen LogP contribution in [-0.2, 0) is 9.53 Å². The van der Waals surface area contributed by atoms with Crippen LogP contribution in [-0.4, -0.2) is 61.1 Å². The zero-order valence-electron chi connectivity index (χ0n) is 12.0. The van der Waals surface area contributed by atoms with Gasteiger partial charge in [0.2, 0.25) is 5.91 Å². The first kappa shape index (κ1) is 15.5. The van der Waals surface area contributed by atoms with E-state index in [0.717, 1.165) is 0 Å². The standard InChI is InChI=1S/C12H19N5O3S/c1-3-15-10(18)7-6-20-5-4-17(7)11(19)8-9(13)16-12(14-2)21-8/h7H,3-6,13H2,1-2H3,(H,14,16)(H,15,18). The average molecular weight is 313 g/mol. The number of carbonyl (C=O) groups is 2. The van der Waals surface area contributed by atoms with Gasteiger partial charge < -0.3 is 26.0 Å². The molecule has 2 amide bonds. The highest BCUT2D eigenvalue weighted by Crippen LogP contribution is 2.27. The Morgan fingerprint density at radius 2 is 2.33 bits per heavy atom. The van der Waals surface area contributed by atoms with Crippen molar-refractivity contribution in [2.75, 3.05) is 44.4 Å². The number of hydrogen-bond acceptors (Lipinski definition) is 7. The topological polar surface area (TPSA) is 110 Å². The van der Waals surface area contributed by atoms with Crippen LogP contribution in [0.2, 0.25) is 0 Å². The molecule has 1 aliphatic heterocycles. The maximum atomic E-state index is 12.6. The molecule has 4 N–H and O–H groups in total. The van der Waals surface area contributed by atoms with Gasteiger partial charge in [-0.15, -0.1) is 0 Å². The van der Waals surface area contributed by atoms with Crippen LogP contribution in [0, 0.1) is 0 Å². The van der Waals surface area contributed by atoms with Crippen LogP contribution >= 0.6 is 11.3 Å². The second-order valence-electron chi connectivity index (χ2n) is 4.47. The minimum absolute atomic E-state index is 0.176. The van der Waals surface area contributed by atoms with E-state index in [1.165, 1.54) is 16.2 Å². The molecule has 21 heavy (non-hydrogen) atoms. The predicted molar refractivity (Wildman–Crippen MR) is 80.4 cm³/mol. The lowest BCUT2D eigenvalue weighted by Gasteiger charge is -2.34. The molecule has 1 atom stereocenters. The van der Waals surface area contributed by atoms with E-state index in [0.29, 0.717) is 29.7 Å². The number of aromatic nitrogens is 1. The van der Waals surface area contributed by atoms with Gasteiger partial charge in [0.1, 0.15) is 16.7 Å². The van der Waals surface area contributed by atoms with Gasteiger partial charge in [0.25, 0.3) is 5.91 Å². The van der Waals surface area contributed by atoms with E-state index in [-0.39, 0.29) is 24.2 Å². The van der Waals surface area contributed by atoms with Crippen LogP contribution in [0.15, 0.2) is 0 Å². The molecule has 0 radical (unpaired) electrons. The fraction of sp³-hybridized carbons (Fsp3) is 0.583. The van der Waals surface area contributed by atoms with Gasteiger partial charge in [-0.05, 0) is 6.92 Å². The Morgan fingerprint density at radius 1 is 1.57 bits per heavy atom. The lowest BCUT2D eigenvalue weighted by molar-refractivity contribution is -0.130. The van der Waals surface area contributed by atoms with Gasteiger partial charge in [0.05, 0.1) is 13.2 Å². The number of thiazole rings is 1. The summed E-state index contributed by atoms with van der Waals surface area (Å²) >= 11 is 1.18. The van der Waals surface area contributed by atoms with Crippen LogP contribution in [0.25, 0.3) is 0 Å². The van der Waals surface area contributed by atoms with Crippen molar-refractivity contribution < 1.29 is 14.3 Å². The van der Waals surface area contributed by atoms with E-state index in [1.807, 2.05) is 6.92 Å².